The van der Waals surface area contributed by atoms with Gasteiger partial charge < -0.3 is 10.3 Å². The molecule has 2 atom stereocenters. The highest BCUT2D eigenvalue weighted by atomic mass is 15.1. The van der Waals surface area contributed by atoms with E-state index in [9.17, 15) is 0 Å². The molecule has 7 aromatic carbocycles. The van der Waals surface area contributed by atoms with Crippen LogP contribution in [0.15, 0.2) is 192 Å². The van der Waals surface area contributed by atoms with Gasteiger partial charge in [0.15, 0.2) is 5.84 Å². The monoisotopic (exact) mass is 788 g/mol. The lowest BCUT2D eigenvalue weighted by atomic mass is 9.69. The second kappa shape index (κ2) is 14.9. The summed E-state index contributed by atoms with van der Waals surface area (Å²) in [6, 6.07) is 59.4. The van der Waals surface area contributed by atoms with Gasteiger partial charge in [-0.1, -0.05) is 171 Å². The molecular formula is C57H48N4. The van der Waals surface area contributed by atoms with Crippen LogP contribution in [0.25, 0.3) is 49.6 Å². The number of para-hydroxylation sites is 2. The van der Waals surface area contributed by atoms with E-state index in [0.29, 0.717) is 18.3 Å². The maximum Gasteiger partial charge on any atom is 0.158 e. The Morgan fingerprint density at radius 2 is 1.28 bits per heavy atom. The minimum Gasteiger partial charge on any atom is -0.387 e. The Hall–Kier alpha value is -7.04. The van der Waals surface area contributed by atoms with Gasteiger partial charge >= 0.3 is 0 Å². The van der Waals surface area contributed by atoms with Crippen LogP contribution in [0.3, 0.4) is 0 Å². The van der Waals surface area contributed by atoms with Gasteiger partial charge in [-0.3, -0.25) is 0 Å². The van der Waals surface area contributed by atoms with Crippen LogP contribution in [0.1, 0.15) is 65.1 Å². The van der Waals surface area contributed by atoms with Gasteiger partial charge in [0.25, 0.3) is 0 Å². The van der Waals surface area contributed by atoms with Gasteiger partial charge in [0, 0.05) is 22.3 Å². The highest BCUT2D eigenvalue weighted by Crippen LogP contribution is 2.64. The number of aliphatic imine (C=N–C) groups is 2. The summed E-state index contributed by atoms with van der Waals surface area (Å²) in [7, 11) is 0. The Morgan fingerprint density at radius 3 is 2.02 bits per heavy atom. The van der Waals surface area contributed by atoms with Crippen molar-refractivity contribution in [3.05, 3.63) is 220 Å². The molecule has 3 aliphatic rings. The van der Waals surface area contributed by atoms with Gasteiger partial charge in [-0.2, -0.15) is 0 Å². The molecule has 296 valence electrons. The van der Waals surface area contributed by atoms with E-state index in [-0.39, 0.29) is 11.3 Å². The second-order valence-electron chi connectivity index (χ2n) is 16.8. The molecule has 8 aromatic rings. The van der Waals surface area contributed by atoms with Crippen LogP contribution in [0.2, 0.25) is 0 Å². The zero-order valence-corrected chi connectivity index (χ0v) is 34.8. The first-order chi connectivity index (χ1) is 30.1. The zero-order valence-electron chi connectivity index (χ0n) is 34.8. The highest BCUT2D eigenvalue weighted by Gasteiger charge is 2.52. The van der Waals surface area contributed by atoms with Crippen molar-refractivity contribution in [1.82, 2.24) is 4.57 Å². The molecule has 11 rings (SSSR count). The number of hydrogen-bond acceptors (Lipinski definition) is 1. The van der Waals surface area contributed by atoms with E-state index >= 15 is 0 Å². The number of aromatic nitrogens is 1. The van der Waals surface area contributed by atoms with Gasteiger partial charge in [0.1, 0.15) is 12.5 Å². The molecular weight excluding hydrogens is 741 g/mol. The van der Waals surface area contributed by atoms with Crippen LogP contribution < -0.4 is 5.73 Å². The lowest BCUT2D eigenvalue weighted by molar-refractivity contribution is 0.658. The number of nitrogens with zero attached hydrogens (tertiary/aromatic N) is 3. The highest BCUT2D eigenvalue weighted by molar-refractivity contribution is 6.09. The molecule has 1 aromatic heterocycles. The maximum atomic E-state index is 7.10. The van der Waals surface area contributed by atoms with Crippen molar-refractivity contribution in [1.29, 1.82) is 0 Å². The largest absolute Gasteiger partial charge is 0.387 e. The lowest BCUT2D eigenvalue weighted by Crippen LogP contribution is -2.27. The minimum atomic E-state index is -0.310. The van der Waals surface area contributed by atoms with E-state index in [4.69, 9.17) is 15.7 Å². The molecule has 0 fully saturated rings. The molecule has 1 spiro atoms. The Labute approximate surface area is 358 Å². The Bertz CT molecular complexity index is 3100. The summed E-state index contributed by atoms with van der Waals surface area (Å²) in [6.07, 6.45) is 8.59. The van der Waals surface area contributed by atoms with E-state index in [0.717, 1.165) is 42.3 Å². The smallest absolute Gasteiger partial charge is 0.158 e. The summed E-state index contributed by atoms with van der Waals surface area (Å²) in [5, 5.41) is 2.45. The molecule has 4 nitrogen and oxygen atoms in total. The van der Waals surface area contributed by atoms with Crippen LogP contribution in [0.5, 0.6) is 0 Å². The Morgan fingerprint density at radius 1 is 0.656 bits per heavy atom. The number of nitrogens with two attached hydrogens (primary N) is 1. The summed E-state index contributed by atoms with van der Waals surface area (Å²) in [6.45, 7) is 4.98. The van der Waals surface area contributed by atoms with Crippen molar-refractivity contribution < 1.29 is 0 Å². The van der Waals surface area contributed by atoms with Crippen molar-refractivity contribution in [2.45, 2.75) is 51.6 Å². The van der Waals surface area contributed by atoms with Gasteiger partial charge in [-0.05, 0) is 112 Å². The molecule has 2 N–H and O–H groups in total. The predicted octanol–water partition coefficient (Wildman–Crippen LogP) is 13.2. The van der Waals surface area contributed by atoms with Crippen LogP contribution in [0, 0.1) is 12.8 Å². The van der Waals surface area contributed by atoms with Crippen molar-refractivity contribution in [3.63, 3.8) is 0 Å². The molecule has 0 bridgehead atoms. The van der Waals surface area contributed by atoms with Crippen molar-refractivity contribution in [2.24, 2.45) is 21.6 Å². The number of fused-ring (bicyclic) bond motifs is 12. The third-order valence-corrected chi connectivity index (χ3v) is 13.7. The fourth-order valence-electron chi connectivity index (χ4n) is 10.9. The average molecular weight is 789 g/mol. The molecule has 0 saturated heterocycles. The summed E-state index contributed by atoms with van der Waals surface area (Å²) in [5.74, 6) is 1.27. The molecule has 0 aliphatic heterocycles. The fraction of sp³-hybridized carbons (Fsp3) is 0.158. The van der Waals surface area contributed by atoms with Gasteiger partial charge in [0.2, 0.25) is 0 Å². The number of hydrogen-bond donors (Lipinski definition) is 1. The number of amidine groups is 2. The third kappa shape index (κ3) is 5.73. The topological polar surface area (TPSA) is 55.7 Å². The molecule has 3 aliphatic carbocycles. The molecule has 61 heavy (non-hydrogen) atoms. The van der Waals surface area contributed by atoms with Crippen molar-refractivity contribution in [3.8, 4) is 22.3 Å². The summed E-state index contributed by atoms with van der Waals surface area (Å²) < 4.78 is 2.28. The predicted molar refractivity (Wildman–Crippen MR) is 255 cm³/mol. The van der Waals surface area contributed by atoms with E-state index < -0.39 is 0 Å². The SMILES string of the molecule is CCC(Cc1ccccc1-c1ccc2c(c1C)-c1ccccc1C21C2=C(CCC=C2)c2ccccc21)/C(N)=N/C(=N\Cn1c2ccccc2c2ccccc21)c1ccccc1. The molecule has 0 amide bonds. The standard InChI is InChI=1S/C57H48N4/c1-3-38(55(58)60-56(39-19-5-4-6-20-39)59-36-61-52-31-17-12-25-45(52)46-26-13-18-32-53(46)61)35-40-21-7-8-22-42(40)41-33-34-51-54(37(41)2)47-27-11-16-30-50(47)57(51)48-28-14-9-23-43(48)44-24-10-15-29-49(44)57/h4-9,11-23,25-34,38H,3,10,24,35-36H2,1-2H3,(H2,58,59,60). The van der Waals surface area contributed by atoms with Crippen LogP contribution in [-0.2, 0) is 18.5 Å². The number of allylic oxidation sites excluding steroid dienone is 4. The van der Waals surface area contributed by atoms with E-state index in [1.54, 1.807) is 0 Å². The third-order valence-electron chi connectivity index (χ3n) is 13.7. The van der Waals surface area contributed by atoms with E-state index in [1.165, 1.54) is 77.6 Å². The Kier molecular flexibility index (Phi) is 9.04. The quantitative estimate of drug-likeness (QED) is 0.121. The zero-order chi connectivity index (χ0) is 41.1. The summed E-state index contributed by atoms with van der Waals surface area (Å²) in [4.78, 5) is 10.4. The lowest BCUT2D eigenvalue weighted by Gasteiger charge is -2.32. The van der Waals surface area contributed by atoms with Crippen molar-refractivity contribution >= 4 is 39.1 Å². The molecule has 2 unspecified atom stereocenters. The van der Waals surface area contributed by atoms with E-state index in [2.05, 4.69) is 176 Å². The Balaban J connectivity index is 0.974. The van der Waals surface area contributed by atoms with Crippen LogP contribution >= 0.6 is 0 Å². The van der Waals surface area contributed by atoms with Crippen LogP contribution in [0.4, 0.5) is 0 Å². The summed E-state index contributed by atoms with van der Waals surface area (Å²) >= 11 is 0. The molecule has 0 saturated carbocycles. The van der Waals surface area contributed by atoms with Gasteiger partial charge in [-0.25, -0.2) is 9.98 Å². The van der Waals surface area contributed by atoms with Crippen molar-refractivity contribution in [2.75, 3.05) is 0 Å². The first kappa shape index (κ1) is 37.0. The molecule has 1 heterocycles. The van der Waals surface area contributed by atoms with E-state index in [1.807, 2.05) is 18.2 Å². The summed E-state index contributed by atoms with van der Waals surface area (Å²) in [5.41, 5.74) is 26.4. The maximum absolute atomic E-state index is 7.10. The second-order valence-corrected chi connectivity index (χ2v) is 16.8. The normalized spacial score (nSPS) is 17.2. The molecule has 0 radical (unpaired) electrons. The number of benzene rings is 7. The van der Waals surface area contributed by atoms with Gasteiger partial charge in [0.05, 0.1) is 16.4 Å². The van der Waals surface area contributed by atoms with Crippen LogP contribution in [-0.4, -0.2) is 16.2 Å². The fourth-order valence-corrected chi connectivity index (χ4v) is 10.9. The first-order valence-electron chi connectivity index (χ1n) is 21.8. The molecule has 4 heteroatoms. The average Bonchev–Trinajstić information content (AvgIpc) is 3.92. The minimum absolute atomic E-state index is 0.0143. The number of rotatable bonds is 8. The van der Waals surface area contributed by atoms with Gasteiger partial charge in [-0.15, -0.1) is 0 Å². The first-order valence-corrected chi connectivity index (χ1v) is 21.8.